The second kappa shape index (κ2) is 6.44. The van der Waals surface area contributed by atoms with Crippen molar-refractivity contribution >= 4 is 5.78 Å². The third-order valence-corrected chi connectivity index (χ3v) is 4.44. The van der Waals surface area contributed by atoms with Gasteiger partial charge in [-0.15, -0.1) is 0 Å². The third-order valence-electron chi connectivity index (χ3n) is 4.44. The van der Waals surface area contributed by atoms with E-state index in [1.54, 1.807) is 12.1 Å². The Morgan fingerprint density at radius 3 is 2.19 bits per heavy atom. The molecule has 3 rings (SSSR count). The number of aliphatic hydroxyl groups is 1. The maximum absolute atomic E-state index is 13.9. The van der Waals surface area contributed by atoms with Gasteiger partial charge in [0.1, 0.15) is 17.2 Å². The zero-order chi connectivity index (χ0) is 19.2. The second-order valence-corrected chi connectivity index (χ2v) is 5.94. The van der Waals surface area contributed by atoms with Crippen LogP contribution in [-0.4, -0.2) is 18.0 Å². The standard InChI is InChI=1S/C18H13F5O3/c1-26-17(8-6-11(19)14(12(20)7-8)18(21,22)23)13-15(24)9-4-2-3-5-10(9)16(13)25/h2-7,13,15,17,24H,1H3. The molecule has 0 aromatic heterocycles. The number of carbonyl (C=O) groups is 1. The van der Waals surface area contributed by atoms with Crippen molar-refractivity contribution in [3.8, 4) is 0 Å². The van der Waals surface area contributed by atoms with Crippen LogP contribution in [0.2, 0.25) is 0 Å². The number of benzene rings is 2. The molecule has 0 saturated heterocycles. The second-order valence-electron chi connectivity index (χ2n) is 5.94. The largest absolute Gasteiger partial charge is 0.422 e. The first-order valence-corrected chi connectivity index (χ1v) is 7.57. The molecule has 3 unspecified atom stereocenters. The monoisotopic (exact) mass is 372 g/mol. The quantitative estimate of drug-likeness (QED) is 0.821. The molecule has 3 nitrogen and oxygen atoms in total. The minimum absolute atomic E-state index is 0.236. The molecule has 0 amide bonds. The number of ketones is 1. The Labute approximate surface area is 145 Å². The van der Waals surface area contributed by atoms with Crippen LogP contribution in [0.5, 0.6) is 0 Å². The van der Waals surface area contributed by atoms with Crippen LogP contribution in [0, 0.1) is 17.6 Å². The van der Waals surface area contributed by atoms with Crippen LogP contribution in [0.25, 0.3) is 0 Å². The normalized spacial score (nSPS) is 21.0. The molecule has 138 valence electrons. The summed E-state index contributed by atoms with van der Waals surface area (Å²) in [5.41, 5.74) is -1.75. The molecule has 3 atom stereocenters. The first-order valence-electron chi connectivity index (χ1n) is 7.57. The van der Waals surface area contributed by atoms with Crippen LogP contribution in [0.1, 0.15) is 39.3 Å². The van der Waals surface area contributed by atoms with E-state index in [0.29, 0.717) is 17.7 Å². The van der Waals surface area contributed by atoms with Crippen molar-refractivity contribution in [2.24, 2.45) is 5.92 Å². The van der Waals surface area contributed by atoms with Crippen LogP contribution < -0.4 is 0 Å². The summed E-state index contributed by atoms with van der Waals surface area (Å²) in [6, 6.07) is 7.16. The van der Waals surface area contributed by atoms with Crippen LogP contribution in [0.15, 0.2) is 36.4 Å². The summed E-state index contributed by atoms with van der Waals surface area (Å²) in [7, 11) is 1.14. The van der Waals surface area contributed by atoms with Crippen molar-refractivity contribution in [3.05, 3.63) is 70.3 Å². The van der Waals surface area contributed by atoms with E-state index in [2.05, 4.69) is 0 Å². The average Bonchev–Trinajstić information content (AvgIpc) is 2.79. The molecule has 0 bridgehead atoms. The van der Waals surface area contributed by atoms with E-state index in [0.717, 1.165) is 7.11 Å². The van der Waals surface area contributed by atoms with E-state index < -0.39 is 47.3 Å². The molecule has 0 spiro atoms. The van der Waals surface area contributed by atoms with Gasteiger partial charge in [0.15, 0.2) is 5.78 Å². The number of Topliss-reactive ketones (excluding diaryl/α,β-unsaturated/α-hetero) is 1. The molecule has 0 saturated carbocycles. The number of aliphatic hydroxyl groups excluding tert-OH is 1. The molecule has 0 aliphatic heterocycles. The fraction of sp³-hybridized carbons (Fsp3) is 0.278. The zero-order valence-electron chi connectivity index (χ0n) is 13.3. The van der Waals surface area contributed by atoms with Crippen LogP contribution in [-0.2, 0) is 10.9 Å². The molecular weight excluding hydrogens is 359 g/mol. The van der Waals surface area contributed by atoms with Crippen molar-refractivity contribution in [1.29, 1.82) is 0 Å². The van der Waals surface area contributed by atoms with Gasteiger partial charge in [0.25, 0.3) is 0 Å². The highest BCUT2D eigenvalue weighted by Gasteiger charge is 2.45. The highest BCUT2D eigenvalue weighted by Crippen LogP contribution is 2.45. The Morgan fingerprint density at radius 2 is 1.69 bits per heavy atom. The van der Waals surface area contributed by atoms with Crippen molar-refractivity contribution < 1.29 is 36.6 Å². The molecule has 26 heavy (non-hydrogen) atoms. The smallest absolute Gasteiger partial charge is 0.388 e. The molecule has 0 heterocycles. The number of rotatable bonds is 3. The summed E-state index contributed by atoms with van der Waals surface area (Å²) in [4.78, 5) is 12.6. The maximum Gasteiger partial charge on any atom is 0.422 e. The van der Waals surface area contributed by atoms with E-state index in [9.17, 15) is 31.9 Å². The highest BCUT2D eigenvalue weighted by molar-refractivity contribution is 6.03. The summed E-state index contributed by atoms with van der Waals surface area (Å²) >= 11 is 0. The average molecular weight is 372 g/mol. The molecule has 0 radical (unpaired) electrons. The Kier molecular flexibility index (Phi) is 4.58. The Morgan fingerprint density at radius 1 is 1.12 bits per heavy atom. The van der Waals surface area contributed by atoms with E-state index in [-0.39, 0.29) is 11.1 Å². The molecule has 2 aromatic carbocycles. The van der Waals surface area contributed by atoms with Gasteiger partial charge in [-0.25, -0.2) is 8.78 Å². The predicted molar refractivity (Wildman–Crippen MR) is 80.3 cm³/mol. The van der Waals surface area contributed by atoms with Gasteiger partial charge in [-0.1, -0.05) is 24.3 Å². The summed E-state index contributed by atoms with van der Waals surface area (Å²) in [5, 5.41) is 10.4. The molecule has 1 aliphatic rings. The van der Waals surface area contributed by atoms with Crippen molar-refractivity contribution in [3.63, 3.8) is 0 Å². The molecule has 0 fully saturated rings. The minimum atomic E-state index is -5.20. The number of carbonyl (C=O) groups excluding carboxylic acids is 1. The van der Waals surface area contributed by atoms with Gasteiger partial charge < -0.3 is 9.84 Å². The topological polar surface area (TPSA) is 46.5 Å². The van der Waals surface area contributed by atoms with Gasteiger partial charge in [0.2, 0.25) is 0 Å². The molecular formula is C18H13F5O3. The molecule has 8 heteroatoms. The lowest BCUT2D eigenvalue weighted by Crippen LogP contribution is -2.24. The fourth-order valence-electron chi connectivity index (χ4n) is 3.32. The predicted octanol–water partition coefficient (Wildman–Crippen LogP) is 4.22. The van der Waals surface area contributed by atoms with Gasteiger partial charge >= 0.3 is 6.18 Å². The first-order chi connectivity index (χ1) is 12.2. The Bertz CT molecular complexity index is 839. The molecule has 1 N–H and O–H groups in total. The number of methoxy groups -OCH3 is 1. The lowest BCUT2D eigenvalue weighted by Gasteiger charge is -2.25. The van der Waals surface area contributed by atoms with E-state index in [1.165, 1.54) is 12.1 Å². The van der Waals surface area contributed by atoms with Crippen molar-refractivity contribution in [2.45, 2.75) is 18.4 Å². The lowest BCUT2D eigenvalue weighted by atomic mass is 9.89. The van der Waals surface area contributed by atoms with Gasteiger partial charge in [0.05, 0.1) is 18.1 Å². The number of alkyl halides is 3. The number of hydrogen-bond donors (Lipinski definition) is 1. The first kappa shape index (κ1) is 18.5. The van der Waals surface area contributed by atoms with Gasteiger partial charge in [-0.3, -0.25) is 4.79 Å². The van der Waals surface area contributed by atoms with Crippen molar-refractivity contribution in [2.75, 3.05) is 7.11 Å². The summed E-state index contributed by atoms with van der Waals surface area (Å²) in [5.74, 6) is -5.37. The SMILES string of the molecule is COC(c1cc(F)c(C(F)(F)F)c(F)c1)C1C(=O)c2ccccc2C1O. The van der Waals surface area contributed by atoms with Crippen molar-refractivity contribution in [1.82, 2.24) is 0 Å². The number of hydrogen-bond acceptors (Lipinski definition) is 3. The minimum Gasteiger partial charge on any atom is -0.388 e. The fourth-order valence-corrected chi connectivity index (χ4v) is 3.32. The van der Waals surface area contributed by atoms with Gasteiger partial charge in [-0.2, -0.15) is 13.2 Å². The number of halogens is 5. The summed E-state index contributed by atoms with van der Waals surface area (Å²) in [6.45, 7) is 0. The summed E-state index contributed by atoms with van der Waals surface area (Å²) in [6.07, 6.45) is -7.83. The van der Waals surface area contributed by atoms with E-state index in [1.807, 2.05) is 0 Å². The maximum atomic E-state index is 13.9. The number of ether oxygens (including phenoxy) is 1. The van der Waals surface area contributed by atoms with E-state index in [4.69, 9.17) is 4.74 Å². The van der Waals surface area contributed by atoms with Crippen LogP contribution in [0.4, 0.5) is 22.0 Å². The Hall–Kier alpha value is -2.32. The van der Waals surface area contributed by atoms with Crippen LogP contribution >= 0.6 is 0 Å². The summed E-state index contributed by atoms with van der Waals surface area (Å²) < 4.78 is 71.1. The lowest BCUT2D eigenvalue weighted by molar-refractivity contribution is -0.142. The molecule has 1 aliphatic carbocycles. The third kappa shape index (κ3) is 2.89. The number of fused-ring (bicyclic) bond motifs is 1. The highest BCUT2D eigenvalue weighted by atomic mass is 19.4. The van der Waals surface area contributed by atoms with E-state index >= 15 is 0 Å². The van der Waals surface area contributed by atoms with Gasteiger partial charge in [0, 0.05) is 12.7 Å². The van der Waals surface area contributed by atoms with Crippen LogP contribution in [0.3, 0.4) is 0 Å². The Balaban J connectivity index is 2.05. The zero-order valence-corrected chi connectivity index (χ0v) is 13.3. The molecule has 2 aromatic rings. The van der Waals surface area contributed by atoms with Gasteiger partial charge in [-0.05, 0) is 23.3 Å².